The zero-order chi connectivity index (χ0) is 35.9. The highest BCUT2D eigenvalue weighted by atomic mass is 35.5. The lowest BCUT2D eigenvalue weighted by Crippen LogP contribution is -2.08. The number of rotatable bonds is 9. The van der Waals surface area contributed by atoms with Gasteiger partial charge in [0, 0.05) is 26.5 Å². The van der Waals surface area contributed by atoms with Crippen LogP contribution in [0.3, 0.4) is 0 Å². The molecular formula is C37H35ClN2O6S4. The minimum Gasteiger partial charge on any atom is -0.496 e. The normalized spacial score (nSPS) is 9.70. The number of carbonyl (C=O) groups excluding carboxylic acids is 2. The van der Waals surface area contributed by atoms with Gasteiger partial charge in [0.15, 0.2) is 0 Å². The van der Waals surface area contributed by atoms with Gasteiger partial charge in [-0.05, 0) is 48.4 Å². The maximum absolute atomic E-state index is 12.7. The van der Waals surface area contributed by atoms with Gasteiger partial charge < -0.3 is 20.3 Å². The highest BCUT2D eigenvalue weighted by Gasteiger charge is 2.21. The topological polar surface area (TPSA) is 129 Å². The van der Waals surface area contributed by atoms with E-state index in [1.54, 1.807) is 37.3 Å². The number of nitrogens with two attached hydrogens (primary N) is 1. The standard InChI is InChI=1S/C18H15NO3S2.C11H9ClO3S.C7H7NS.CH4/c1-22-12-9-6-10-13(23-2)14(12)15-16(20)19-17(24-18(15)21)11-7-4-3-5-8-11;1-15-8-4-3-5-9(16-2)10(8)7(6-13)11(12)14;8-7(9)6-4-2-1-3-5-6;/h3-10,20H,1-2H3;3-5H,1-2H3;1-5H,(H2,8,9);1H4. The summed E-state index contributed by atoms with van der Waals surface area (Å²) in [5, 5.41) is 10.1. The highest BCUT2D eigenvalue weighted by molar-refractivity contribution is 7.99. The highest BCUT2D eigenvalue weighted by Crippen LogP contribution is 2.40. The number of nitrogens with zero attached hydrogens (tertiary/aromatic N) is 1. The lowest BCUT2D eigenvalue weighted by atomic mass is 10.1. The quantitative estimate of drug-likeness (QED) is 0.0492. The fourth-order valence-electron chi connectivity index (χ4n) is 4.31. The molecule has 8 nitrogen and oxygen atoms in total. The Hall–Kier alpha value is -4.42. The van der Waals surface area contributed by atoms with Crippen molar-refractivity contribution >= 4 is 80.4 Å². The van der Waals surface area contributed by atoms with Crippen LogP contribution >= 0.6 is 58.7 Å². The molecule has 0 atom stereocenters. The largest absolute Gasteiger partial charge is 0.496 e. The molecule has 1 heterocycles. The number of ether oxygens (including phenoxy) is 2. The van der Waals surface area contributed by atoms with E-state index in [9.17, 15) is 19.5 Å². The Morgan fingerprint density at radius 1 is 0.860 bits per heavy atom. The Bertz CT molecular complexity index is 1970. The molecule has 260 valence electrons. The van der Waals surface area contributed by atoms with Gasteiger partial charge in [-0.15, -0.1) is 23.5 Å². The molecule has 0 spiro atoms. The van der Waals surface area contributed by atoms with Crippen molar-refractivity contribution in [2.45, 2.75) is 17.2 Å². The number of methoxy groups -OCH3 is 2. The van der Waals surface area contributed by atoms with Crippen LogP contribution < -0.4 is 19.9 Å². The van der Waals surface area contributed by atoms with Gasteiger partial charge in [-0.25, -0.2) is 9.78 Å². The van der Waals surface area contributed by atoms with Crippen LogP contribution in [0.5, 0.6) is 17.4 Å². The van der Waals surface area contributed by atoms with Gasteiger partial charge in [-0.2, -0.15) is 0 Å². The molecule has 5 rings (SSSR count). The van der Waals surface area contributed by atoms with Crippen LogP contribution in [0, 0.1) is 0 Å². The predicted molar refractivity (Wildman–Crippen MR) is 213 cm³/mol. The molecule has 1 aromatic heterocycles. The Balaban J connectivity index is 0.000000287. The van der Waals surface area contributed by atoms with Gasteiger partial charge in [0.2, 0.25) is 10.6 Å². The molecule has 0 saturated carbocycles. The number of aromatic hydroxyl groups is 1. The third-order valence-electron chi connectivity index (χ3n) is 6.56. The molecule has 0 amide bonds. The second-order valence-corrected chi connectivity index (χ2v) is 12.9. The van der Waals surface area contributed by atoms with Crippen molar-refractivity contribution in [2.24, 2.45) is 5.73 Å². The average Bonchev–Trinajstić information content (AvgIpc) is 3.12. The van der Waals surface area contributed by atoms with Crippen LogP contribution in [0.4, 0.5) is 0 Å². The summed E-state index contributed by atoms with van der Waals surface area (Å²) >= 11 is 14.0. The summed E-state index contributed by atoms with van der Waals surface area (Å²) < 4.78 is 10.2. The summed E-state index contributed by atoms with van der Waals surface area (Å²) in [5.41, 5.74) is 8.02. The Labute approximate surface area is 314 Å². The number of hydrogen-bond acceptors (Lipinski definition) is 11. The van der Waals surface area contributed by atoms with E-state index in [4.69, 9.17) is 39.0 Å². The minimum absolute atomic E-state index is 0. The molecule has 0 aliphatic rings. The first kappa shape index (κ1) is 41.7. The molecule has 0 saturated heterocycles. The van der Waals surface area contributed by atoms with Gasteiger partial charge in [-0.3, -0.25) is 9.59 Å². The predicted octanol–water partition coefficient (Wildman–Crippen LogP) is 8.63. The van der Waals surface area contributed by atoms with Crippen LogP contribution in [0.2, 0.25) is 0 Å². The molecule has 3 N–H and O–H groups in total. The van der Waals surface area contributed by atoms with Crippen LogP contribution in [0.15, 0.2) is 112 Å². The summed E-state index contributed by atoms with van der Waals surface area (Å²) in [6.07, 6.45) is 3.74. The summed E-state index contributed by atoms with van der Waals surface area (Å²) in [7, 11) is 3.00. The van der Waals surface area contributed by atoms with E-state index in [0.29, 0.717) is 32.6 Å². The molecule has 50 heavy (non-hydrogen) atoms. The van der Waals surface area contributed by atoms with E-state index in [1.807, 2.05) is 85.3 Å². The minimum atomic E-state index is -0.838. The summed E-state index contributed by atoms with van der Waals surface area (Å²) in [6.45, 7) is 0. The first-order valence-corrected chi connectivity index (χ1v) is 18.2. The van der Waals surface area contributed by atoms with Crippen LogP contribution in [-0.4, -0.2) is 53.0 Å². The average molecular weight is 767 g/mol. The number of benzene rings is 4. The van der Waals surface area contributed by atoms with Crippen molar-refractivity contribution < 1.29 is 24.2 Å². The number of aromatic nitrogens is 1. The summed E-state index contributed by atoms with van der Waals surface area (Å²) in [4.78, 5) is 40.9. The van der Waals surface area contributed by atoms with Crippen molar-refractivity contribution in [3.05, 3.63) is 118 Å². The Kier molecular flexibility index (Phi) is 17.5. The number of carbonyl (C=O) groups is 1. The maximum Gasteiger partial charge on any atom is 0.264 e. The van der Waals surface area contributed by atoms with Gasteiger partial charge in [0.25, 0.3) is 5.24 Å². The van der Waals surface area contributed by atoms with Crippen molar-refractivity contribution in [1.29, 1.82) is 0 Å². The first-order chi connectivity index (χ1) is 23.6. The van der Waals surface area contributed by atoms with Gasteiger partial charge in [0.05, 0.1) is 19.8 Å². The summed E-state index contributed by atoms with van der Waals surface area (Å²) in [5.74, 6) is 2.25. The SMILES string of the molecule is C.COc1cccc(SC)c1-c1c(O)nc(-c2ccccc2)sc1=O.COc1cccc(SC)c1C(=C=O)C(=O)Cl.NC(=S)c1ccccc1. The zero-order valence-corrected chi connectivity index (χ0v) is 30.8. The molecule has 0 radical (unpaired) electrons. The smallest absolute Gasteiger partial charge is 0.264 e. The fraction of sp³-hybridized carbons (Fsp3) is 0.135. The third-order valence-corrected chi connectivity index (χ3v) is 9.45. The molecular weight excluding hydrogens is 732 g/mol. The zero-order valence-electron chi connectivity index (χ0n) is 26.8. The summed E-state index contributed by atoms with van der Waals surface area (Å²) in [6, 6.07) is 29.6. The van der Waals surface area contributed by atoms with E-state index in [-0.39, 0.29) is 29.2 Å². The molecule has 0 aliphatic carbocycles. The van der Waals surface area contributed by atoms with Crippen LogP contribution in [0.25, 0.3) is 27.3 Å². The number of halogens is 1. The molecule has 0 bridgehead atoms. The Morgan fingerprint density at radius 3 is 1.86 bits per heavy atom. The molecule has 4 aromatic carbocycles. The number of thiocarbonyl (C=S) groups is 1. The first-order valence-electron chi connectivity index (χ1n) is 14.1. The van der Waals surface area contributed by atoms with Gasteiger partial charge in [-0.1, -0.05) is 104 Å². The van der Waals surface area contributed by atoms with Crippen LogP contribution in [0.1, 0.15) is 18.6 Å². The van der Waals surface area contributed by atoms with E-state index >= 15 is 0 Å². The van der Waals surface area contributed by atoms with Crippen molar-refractivity contribution in [2.75, 3.05) is 26.7 Å². The molecule has 13 heteroatoms. The number of allylic oxidation sites excluding steroid dienone is 1. The lowest BCUT2D eigenvalue weighted by molar-refractivity contribution is -0.106. The van der Waals surface area contributed by atoms with Gasteiger partial charge >= 0.3 is 0 Å². The van der Waals surface area contributed by atoms with Gasteiger partial charge in [0.1, 0.15) is 38.6 Å². The molecule has 0 fully saturated rings. The fourth-order valence-corrected chi connectivity index (χ4v) is 6.68. The van der Waals surface area contributed by atoms with Crippen molar-refractivity contribution in [1.82, 2.24) is 4.98 Å². The van der Waals surface area contributed by atoms with E-state index in [1.165, 1.54) is 30.6 Å². The second-order valence-electron chi connectivity index (χ2n) is 9.43. The van der Waals surface area contributed by atoms with E-state index in [0.717, 1.165) is 32.3 Å². The molecule has 0 aliphatic heterocycles. The number of thioether (sulfide) groups is 2. The van der Waals surface area contributed by atoms with Crippen molar-refractivity contribution in [3.63, 3.8) is 0 Å². The monoisotopic (exact) mass is 766 g/mol. The third kappa shape index (κ3) is 10.8. The molecule has 5 aromatic rings. The van der Waals surface area contributed by atoms with E-state index in [2.05, 4.69) is 4.98 Å². The lowest BCUT2D eigenvalue weighted by Gasteiger charge is -2.13. The van der Waals surface area contributed by atoms with Crippen molar-refractivity contribution in [3.8, 4) is 39.1 Å². The van der Waals surface area contributed by atoms with Crippen LogP contribution in [-0.2, 0) is 9.59 Å². The van der Waals surface area contributed by atoms with E-state index < -0.39 is 5.24 Å². The molecule has 0 unspecified atom stereocenters. The number of hydrogen-bond donors (Lipinski definition) is 2. The Morgan fingerprint density at radius 2 is 1.40 bits per heavy atom. The second kappa shape index (κ2) is 20.9. The maximum atomic E-state index is 12.7.